The second kappa shape index (κ2) is 8.11. The third kappa shape index (κ3) is 4.92. The molecule has 25 heavy (non-hydrogen) atoms. The number of hydrogen-bond acceptors (Lipinski definition) is 4. The van der Waals surface area contributed by atoms with Gasteiger partial charge in [-0.05, 0) is 54.8 Å². The summed E-state index contributed by atoms with van der Waals surface area (Å²) in [4.78, 5) is 24.3. The van der Waals surface area contributed by atoms with Crippen LogP contribution >= 0.6 is 0 Å². The molecule has 0 saturated carbocycles. The lowest BCUT2D eigenvalue weighted by atomic mass is 10.0. The first-order valence-electron chi connectivity index (χ1n) is 8.02. The molecule has 5 heteroatoms. The fourth-order valence-electron chi connectivity index (χ4n) is 2.16. The number of anilines is 1. The molecule has 0 heterocycles. The van der Waals surface area contributed by atoms with Crippen molar-refractivity contribution >= 4 is 17.6 Å². The Morgan fingerprint density at radius 1 is 1.00 bits per heavy atom. The van der Waals surface area contributed by atoms with Crippen LogP contribution in [0.25, 0.3) is 0 Å². The number of carbonyl (C=O) groups is 2. The molecule has 5 nitrogen and oxygen atoms in total. The topological polar surface area (TPSA) is 79.2 Å². The standard InChI is InChI=1S/C20H20N2O3/c1-13(2)16-6-8-17(9-7-16)20(24)25-14(3)19(23)22-18-10-4-15(12-21)5-11-18/h4-11,13-14H,1-3H3,(H,22,23)/t14-/m0/s1. The van der Waals surface area contributed by atoms with Crippen molar-refractivity contribution in [2.75, 3.05) is 5.32 Å². The van der Waals surface area contributed by atoms with Crippen molar-refractivity contribution in [3.63, 3.8) is 0 Å². The smallest absolute Gasteiger partial charge is 0.338 e. The van der Waals surface area contributed by atoms with Crippen LogP contribution in [-0.4, -0.2) is 18.0 Å². The van der Waals surface area contributed by atoms with Crippen LogP contribution in [0.15, 0.2) is 48.5 Å². The van der Waals surface area contributed by atoms with Gasteiger partial charge in [-0.1, -0.05) is 26.0 Å². The molecular weight excluding hydrogens is 316 g/mol. The largest absolute Gasteiger partial charge is 0.449 e. The summed E-state index contributed by atoms with van der Waals surface area (Å²) in [6.07, 6.45) is -0.937. The SMILES string of the molecule is CC(C)c1ccc(C(=O)O[C@@H](C)C(=O)Nc2ccc(C#N)cc2)cc1. The Bertz CT molecular complexity index is 787. The predicted molar refractivity (Wildman–Crippen MR) is 95.2 cm³/mol. The van der Waals surface area contributed by atoms with E-state index in [1.807, 2.05) is 18.2 Å². The number of nitrogens with one attached hydrogen (secondary N) is 1. The van der Waals surface area contributed by atoms with Crippen molar-refractivity contribution in [3.8, 4) is 6.07 Å². The number of nitrogens with zero attached hydrogens (tertiary/aromatic N) is 1. The molecule has 0 aliphatic carbocycles. The summed E-state index contributed by atoms with van der Waals surface area (Å²) >= 11 is 0. The molecule has 0 fully saturated rings. The molecule has 0 spiro atoms. The zero-order valence-electron chi connectivity index (χ0n) is 14.4. The molecule has 0 aromatic heterocycles. The minimum Gasteiger partial charge on any atom is -0.449 e. The van der Waals surface area contributed by atoms with E-state index in [0.29, 0.717) is 22.7 Å². The molecule has 128 valence electrons. The normalized spacial score (nSPS) is 11.5. The molecular formula is C20H20N2O3. The Kier molecular flexibility index (Phi) is 5.91. The maximum absolute atomic E-state index is 12.1. The fraction of sp³-hybridized carbons (Fsp3) is 0.250. The zero-order valence-corrected chi connectivity index (χ0v) is 14.4. The van der Waals surface area contributed by atoms with Gasteiger partial charge in [-0.15, -0.1) is 0 Å². The fourth-order valence-corrected chi connectivity index (χ4v) is 2.16. The van der Waals surface area contributed by atoms with Crippen LogP contribution in [0.5, 0.6) is 0 Å². The Labute approximate surface area is 147 Å². The molecule has 2 rings (SSSR count). The Hall–Kier alpha value is -3.13. The van der Waals surface area contributed by atoms with Crippen LogP contribution in [-0.2, 0) is 9.53 Å². The predicted octanol–water partition coefficient (Wildman–Crippen LogP) is 3.87. The van der Waals surface area contributed by atoms with Gasteiger partial charge >= 0.3 is 5.97 Å². The van der Waals surface area contributed by atoms with Gasteiger partial charge in [-0.2, -0.15) is 5.26 Å². The molecule has 1 N–H and O–H groups in total. The summed E-state index contributed by atoms with van der Waals surface area (Å²) in [5.74, 6) is -0.600. The molecule has 2 aromatic carbocycles. The van der Waals surface area contributed by atoms with E-state index in [2.05, 4.69) is 19.2 Å². The van der Waals surface area contributed by atoms with Crippen molar-refractivity contribution in [2.24, 2.45) is 0 Å². The van der Waals surface area contributed by atoms with E-state index in [4.69, 9.17) is 10.00 Å². The van der Waals surface area contributed by atoms with E-state index in [-0.39, 0.29) is 0 Å². The molecule has 0 saturated heterocycles. The van der Waals surface area contributed by atoms with E-state index >= 15 is 0 Å². The number of ether oxygens (including phenoxy) is 1. The third-order valence-corrected chi connectivity index (χ3v) is 3.75. The Balaban J connectivity index is 1.95. The number of amides is 1. The second-order valence-corrected chi connectivity index (χ2v) is 6.00. The summed E-state index contributed by atoms with van der Waals surface area (Å²) in [5, 5.41) is 11.4. The van der Waals surface area contributed by atoms with Crippen LogP contribution in [0.2, 0.25) is 0 Å². The van der Waals surface area contributed by atoms with Gasteiger partial charge in [0.1, 0.15) is 0 Å². The number of esters is 1. The number of carbonyl (C=O) groups excluding carboxylic acids is 2. The molecule has 0 bridgehead atoms. The Morgan fingerprint density at radius 2 is 1.60 bits per heavy atom. The van der Waals surface area contributed by atoms with E-state index in [1.54, 1.807) is 36.4 Å². The lowest BCUT2D eigenvalue weighted by molar-refractivity contribution is -0.123. The molecule has 0 aliphatic rings. The van der Waals surface area contributed by atoms with Gasteiger partial charge in [0, 0.05) is 5.69 Å². The van der Waals surface area contributed by atoms with Crippen LogP contribution in [0, 0.1) is 11.3 Å². The monoisotopic (exact) mass is 336 g/mol. The van der Waals surface area contributed by atoms with Crippen LogP contribution in [0.1, 0.15) is 48.2 Å². The maximum atomic E-state index is 12.1. The van der Waals surface area contributed by atoms with Gasteiger partial charge in [-0.25, -0.2) is 4.79 Å². The summed E-state index contributed by atoms with van der Waals surface area (Å²) in [5.41, 5.74) is 2.57. The Morgan fingerprint density at radius 3 is 2.12 bits per heavy atom. The van der Waals surface area contributed by atoms with Gasteiger partial charge in [-0.3, -0.25) is 4.79 Å². The lowest BCUT2D eigenvalue weighted by Crippen LogP contribution is -2.30. The highest BCUT2D eigenvalue weighted by Gasteiger charge is 2.19. The molecule has 0 radical (unpaired) electrons. The molecule has 2 aromatic rings. The number of rotatable bonds is 5. The number of hydrogen-bond donors (Lipinski definition) is 1. The highest BCUT2D eigenvalue weighted by Crippen LogP contribution is 2.16. The van der Waals surface area contributed by atoms with E-state index in [0.717, 1.165) is 5.56 Å². The van der Waals surface area contributed by atoms with E-state index in [1.165, 1.54) is 6.92 Å². The lowest BCUT2D eigenvalue weighted by Gasteiger charge is -2.14. The van der Waals surface area contributed by atoms with E-state index < -0.39 is 18.0 Å². The van der Waals surface area contributed by atoms with Gasteiger partial charge in [0.2, 0.25) is 0 Å². The van der Waals surface area contributed by atoms with Crippen molar-refractivity contribution in [3.05, 3.63) is 65.2 Å². The van der Waals surface area contributed by atoms with Gasteiger partial charge < -0.3 is 10.1 Å². The molecule has 0 unspecified atom stereocenters. The van der Waals surface area contributed by atoms with Crippen LogP contribution < -0.4 is 5.32 Å². The van der Waals surface area contributed by atoms with Crippen molar-refractivity contribution < 1.29 is 14.3 Å². The average molecular weight is 336 g/mol. The molecule has 1 atom stereocenters. The van der Waals surface area contributed by atoms with Crippen LogP contribution in [0.4, 0.5) is 5.69 Å². The van der Waals surface area contributed by atoms with Crippen LogP contribution in [0.3, 0.4) is 0 Å². The maximum Gasteiger partial charge on any atom is 0.338 e. The van der Waals surface area contributed by atoms with Gasteiger partial charge in [0.15, 0.2) is 6.10 Å². The first kappa shape index (κ1) is 18.2. The highest BCUT2D eigenvalue weighted by atomic mass is 16.5. The third-order valence-electron chi connectivity index (χ3n) is 3.75. The number of nitriles is 1. The average Bonchev–Trinajstić information content (AvgIpc) is 2.62. The molecule has 0 aliphatic heterocycles. The number of benzene rings is 2. The first-order chi connectivity index (χ1) is 11.9. The van der Waals surface area contributed by atoms with E-state index in [9.17, 15) is 9.59 Å². The highest BCUT2D eigenvalue weighted by molar-refractivity contribution is 5.97. The minimum absolute atomic E-state index is 0.377. The zero-order chi connectivity index (χ0) is 18.4. The van der Waals surface area contributed by atoms with Gasteiger partial charge in [0.25, 0.3) is 5.91 Å². The summed E-state index contributed by atoms with van der Waals surface area (Å²) in [6.45, 7) is 5.66. The summed E-state index contributed by atoms with van der Waals surface area (Å²) in [6, 6.07) is 15.6. The van der Waals surface area contributed by atoms with Crippen molar-refractivity contribution in [2.45, 2.75) is 32.8 Å². The second-order valence-electron chi connectivity index (χ2n) is 6.00. The van der Waals surface area contributed by atoms with Crippen molar-refractivity contribution in [1.29, 1.82) is 5.26 Å². The quantitative estimate of drug-likeness (QED) is 0.841. The molecule has 1 amide bonds. The first-order valence-corrected chi connectivity index (χ1v) is 8.02. The summed E-state index contributed by atoms with van der Waals surface area (Å²) < 4.78 is 5.21. The van der Waals surface area contributed by atoms with Gasteiger partial charge in [0.05, 0.1) is 17.2 Å². The minimum atomic E-state index is -0.937. The van der Waals surface area contributed by atoms with Crippen molar-refractivity contribution in [1.82, 2.24) is 0 Å². The summed E-state index contributed by atoms with van der Waals surface area (Å²) in [7, 11) is 0.